The Hall–Kier alpha value is -1.79. The van der Waals surface area contributed by atoms with Crippen LogP contribution in [0.1, 0.15) is 12.8 Å². The second kappa shape index (κ2) is 6.32. The highest BCUT2D eigenvalue weighted by molar-refractivity contribution is 7.14. The first-order chi connectivity index (χ1) is 10.2. The van der Waals surface area contributed by atoms with Gasteiger partial charge in [-0.2, -0.15) is 0 Å². The van der Waals surface area contributed by atoms with Gasteiger partial charge in [0.2, 0.25) is 5.91 Å². The number of carbonyl (C=O) groups excluding carboxylic acids is 1. The molecule has 3 rings (SSSR count). The molecule has 4 nitrogen and oxygen atoms in total. The van der Waals surface area contributed by atoms with Gasteiger partial charge in [-0.1, -0.05) is 12.1 Å². The van der Waals surface area contributed by atoms with Crippen LogP contribution in [0, 0.1) is 11.7 Å². The first-order valence-electron chi connectivity index (χ1n) is 6.95. The molecule has 2 N–H and O–H groups in total. The van der Waals surface area contributed by atoms with E-state index in [0.29, 0.717) is 22.9 Å². The minimum Gasteiger partial charge on any atom is -0.316 e. The fourth-order valence-electron chi connectivity index (χ4n) is 2.39. The van der Waals surface area contributed by atoms with Gasteiger partial charge in [0, 0.05) is 17.5 Å². The van der Waals surface area contributed by atoms with Gasteiger partial charge < -0.3 is 10.6 Å². The van der Waals surface area contributed by atoms with Crippen LogP contribution in [-0.2, 0) is 4.79 Å². The Morgan fingerprint density at radius 2 is 2.38 bits per heavy atom. The van der Waals surface area contributed by atoms with Crippen LogP contribution >= 0.6 is 11.3 Å². The molecule has 0 bridgehead atoms. The van der Waals surface area contributed by atoms with Crippen molar-refractivity contribution in [1.29, 1.82) is 0 Å². The monoisotopic (exact) mass is 305 g/mol. The van der Waals surface area contributed by atoms with Crippen molar-refractivity contribution in [1.82, 2.24) is 10.3 Å². The highest BCUT2D eigenvalue weighted by atomic mass is 32.1. The number of nitrogens with zero attached hydrogens (tertiary/aromatic N) is 1. The molecule has 2 aromatic rings. The van der Waals surface area contributed by atoms with E-state index in [4.69, 9.17) is 0 Å². The van der Waals surface area contributed by atoms with E-state index in [1.165, 1.54) is 23.5 Å². The number of amides is 1. The zero-order valence-electron chi connectivity index (χ0n) is 11.4. The van der Waals surface area contributed by atoms with Crippen LogP contribution in [0.15, 0.2) is 29.6 Å². The number of benzene rings is 1. The summed E-state index contributed by atoms with van der Waals surface area (Å²) in [5.41, 5.74) is 1.39. The molecular weight excluding hydrogens is 289 g/mol. The lowest BCUT2D eigenvalue weighted by Gasteiger charge is -2.21. The average molecular weight is 305 g/mol. The van der Waals surface area contributed by atoms with Crippen LogP contribution in [0.5, 0.6) is 0 Å². The summed E-state index contributed by atoms with van der Waals surface area (Å²) in [5, 5.41) is 8.45. The molecule has 1 unspecified atom stereocenters. The van der Waals surface area contributed by atoms with Crippen molar-refractivity contribution in [3.8, 4) is 11.3 Å². The molecular formula is C15H16FN3OS. The summed E-state index contributed by atoms with van der Waals surface area (Å²) in [6, 6.07) is 6.28. The van der Waals surface area contributed by atoms with E-state index in [1.807, 2.05) is 5.38 Å². The number of anilines is 1. The van der Waals surface area contributed by atoms with Gasteiger partial charge in [-0.3, -0.25) is 4.79 Å². The molecule has 1 saturated heterocycles. The second-order valence-electron chi connectivity index (χ2n) is 5.08. The number of nitrogens with one attached hydrogen (secondary N) is 2. The van der Waals surface area contributed by atoms with Crippen molar-refractivity contribution in [2.75, 3.05) is 18.4 Å². The largest absolute Gasteiger partial charge is 0.316 e. The molecule has 21 heavy (non-hydrogen) atoms. The van der Waals surface area contributed by atoms with Crippen molar-refractivity contribution < 1.29 is 9.18 Å². The van der Waals surface area contributed by atoms with Gasteiger partial charge in [-0.15, -0.1) is 11.3 Å². The van der Waals surface area contributed by atoms with Crippen molar-refractivity contribution in [3.63, 3.8) is 0 Å². The van der Waals surface area contributed by atoms with Gasteiger partial charge in [0.05, 0.1) is 11.6 Å². The van der Waals surface area contributed by atoms with Crippen LogP contribution in [-0.4, -0.2) is 24.0 Å². The van der Waals surface area contributed by atoms with Crippen LogP contribution < -0.4 is 10.6 Å². The predicted molar refractivity (Wildman–Crippen MR) is 81.7 cm³/mol. The summed E-state index contributed by atoms with van der Waals surface area (Å²) in [5.74, 6) is -0.290. The molecule has 1 fully saturated rings. The van der Waals surface area contributed by atoms with E-state index in [9.17, 15) is 9.18 Å². The fraction of sp³-hybridized carbons (Fsp3) is 0.333. The number of aromatic nitrogens is 1. The van der Waals surface area contributed by atoms with Crippen LogP contribution in [0.4, 0.5) is 9.52 Å². The van der Waals surface area contributed by atoms with Crippen LogP contribution in [0.25, 0.3) is 11.3 Å². The van der Waals surface area contributed by atoms with E-state index in [0.717, 1.165) is 19.4 Å². The predicted octanol–water partition coefficient (Wildman–Crippen LogP) is 2.89. The molecule has 2 heterocycles. The number of piperidine rings is 1. The van der Waals surface area contributed by atoms with Gasteiger partial charge in [0.1, 0.15) is 5.82 Å². The Morgan fingerprint density at radius 3 is 3.14 bits per heavy atom. The summed E-state index contributed by atoms with van der Waals surface area (Å²) in [6.45, 7) is 1.69. The Labute approximate surface area is 126 Å². The fourth-order valence-corrected chi connectivity index (χ4v) is 3.12. The van der Waals surface area contributed by atoms with E-state index < -0.39 is 0 Å². The van der Waals surface area contributed by atoms with Crippen LogP contribution in [0.2, 0.25) is 0 Å². The van der Waals surface area contributed by atoms with Crippen LogP contribution in [0.3, 0.4) is 0 Å². The Kier molecular flexibility index (Phi) is 4.26. The third-order valence-corrected chi connectivity index (χ3v) is 4.28. The van der Waals surface area contributed by atoms with E-state index in [2.05, 4.69) is 15.6 Å². The third-order valence-electron chi connectivity index (χ3n) is 3.52. The highest BCUT2D eigenvalue weighted by Gasteiger charge is 2.21. The number of thiazole rings is 1. The average Bonchev–Trinajstić information content (AvgIpc) is 2.97. The number of carbonyl (C=O) groups is 1. The van der Waals surface area contributed by atoms with Gasteiger partial charge in [-0.05, 0) is 31.5 Å². The summed E-state index contributed by atoms with van der Waals surface area (Å²) in [6.07, 6.45) is 1.92. The zero-order valence-corrected chi connectivity index (χ0v) is 12.3. The third kappa shape index (κ3) is 3.46. The van der Waals surface area contributed by atoms with E-state index in [1.54, 1.807) is 12.1 Å². The summed E-state index contributed by atoms with van der Waals surface area (Å²) >= 11 is 1.36. The molecule has 1 aromatic carbocycles. The smallest absolute Gasteiger partial charge is 0.230 e. The number of hydrogen-bond acceptors (Lipinski definition) is 4. The van der Waals surface area contributed by atoms with Gasteiger partial charge in [0.25, 0.3) is 0 Å². The summed E-state index contributed by atoms with van der Waals surface area (Å²) in [7, 11) is 0. The summed E-state index contributed by atoms with van der Waals surface area (Å²) < 4.78 is 13.2. The van der Waals surface area contributed by atoms with E-state index in [-0.39, 0.29) is 17.6 Å². The first-order valence-corrected chi connectivity index (χ1v) is 7.83. The molecule has 1 amide bonds. The number of halogens is 1. The van der Waals surface area contributed by atoms with Gasteiger partial charge >= 0.3 is 0 Å². The lowest BCUT2D eigenvalue weighted by Crippen LogP contribution is -2.37. The maximum absolute atomic E-state index is 13.2. The molecule has 0 spiro atoms. The Balaban J connectivity index is 1.69. The minimum atomic E-state index is -0.292. The highest BCUT2D eigenvalue weighted by Crippen LogP contribution is 2.26. The Morgan fingerprint density at radius 1 is 1.48 bits per heavy atom. The number of rotatable bonds is 3. The van der Waals surface area contributed by atoms with Crippen molar-refractivity contribution in [3.05, 3.63) is 35.5 Å². The molecule has 1 aliphatic heterocycles. The maximum Gasteiger partial charge on any atom is 0.230 e. The second-order valence-corrected chi connectivity index (χ2v) is 5.94. The molecule has 110 valence electrons. The SMILES string of the molecule is O=C(Nc1nc(-c2cccc(F)c2)cs1)C1CCCNC1. The molecule has 6 heteroatoms. The molecule has 1 aliphatic rings. The maximum atomic E-state index is 13.2. The molecule has 0 aliphatic carbocycles. The van der Waals surface area contributed by atoms with Gasteiger partial charge in [0.15, 0.2) is 5.13 Å². The summed E-state index contributed by atoms with van der Waals surface area (Å²) in [4.78, 5) is 16.5. The first kappa shape index (κ1) is 14.2. The molecule has 1 atom stereocenters. The lowest BCUT2D eigenvalue weighted by molar-refractivity contribution is -0.120. The molecule has 0 saturated carbocycles. The van der Waals surface area contributed by atoms with Gasteiger partial charge in [-0.25, -0.2) is 9.37 Å². The minimum absolute atomic E-state index is 0.000250. The quantitative estimate of drug-likeness (QED) is 0.917. The van der Waals surface area contributed by atoms with Crippen molar-refractivity contribution in [2.24, 2.45) is 5.92 Å². The molecule has 1 aromatic heterocycles. The topological polar surface area (TPSA) is 54.0 Å². The number of hydrogen-bond donors (Lipinski definition) is 2. The van der Waals surface area contributed by atoms with Crippen molar-refractivity contribution >= 4 is 22.4 Å². The zero-order chi connectivity index (χ0) is 14.7. The molecule has 0 radical (unpaired) electrons. The normalized spacial score (nSPS) is 18.4. The Bertz CT molecular complexity index is 637. The van der Waals surface area contributed by atoms with E-state index >= 15 is 0 Å². The lowest BCUT2D eigenvalue weighted by atomic mass is 9.99. The van der Waals surface area contributed by atoms with Crippen molar-refractivity contribution in [2.45, 2.75) is 12.8 Å². The standard InChI is InChI=1S/C15H16FN3OS/c16-12-5-1-3-10(7-12)13-9-21-15(18-13)19-14(20)11-4-2-6-17-8-11/h1,3,5,7,9,11,17H,2,4,6,8H2,(H,18,19,20).